The van der Waals surface area contributed by atoms with Gasteiger partial charge in [-0.2, -0.15) is 0 Å². The number of ether oxygens (including phenoxy) is 2. The Bertz CT molecular complexity index is 1120. The molecule has 5 nitrogen and oxygen atoms in total. The molecule has 41 heavy (non-hydrogen) atoms. The summed E-state index contributed by atoms with van der Waals surface area (Å²) in [6, 6.07) is 37.8. The van der Waals surface area contributed by atoms with E-state index in [2.05, 4.69) is 0 Å². The van der Waals surface area contributed by atoms with Crippen molar-refractivity contribution in [3.63, 3.8) is 0 Å². The first-order valence-electron chi connectivity index (χ1n) is 13.3. The minimum atomic E-state index is -1.60. The van der Waals surface area contributed by atoms with Gasteiger partial charge in [0.15, 0.2) is 5.79 Å². The average Bonchev–Trinajstić information content (AvgIpc) is 3.30. The van der Waals surface area contributed by atoms with E-state index in [1.807, 2.05) is 135 Å². The quantitative estimate of drug-likeness (QED) is 0.184. The van der Waals surface area contributed by atoms with Gasteiger partial charge in [0.1, 0.15) is 23.4 Å². The molecule has 4 aromatic carbocycles. The van der Waals surface area contributed by atoms with E-state index in [1.54, 1.807) is 13.8 Å². The summed E-state index contributed by atoms with van der Waals surface area (Å²) in [5, 5.41) is 33.3. The maximum Gasteiger partial charge on any atom is 0.164 e. The first-order valence-corrected chi connectivity index (χ1v) is 13.3. The van der Waals surface area contributed by atoms with Gasteiger partial charge >= 0.3 is 0 Å². The van der Waals surface area contributed by atoms with Crippen LogP contribution < -0.4 is 0 Å². The molecular weight excluding hydrogens is 548 g/mol. The molecule has 2 atom stereocenters. The number of rotatable bonds is 6. The van der Waals surface area contributed by atoms with Gasteiger partial charge in [-0.3, -0.25) is 0 Å². The fraction of sp³-hybridized carbons (Fsp3) is 0.286. The summed E-state index contributed by atoms with van der Waals surface area (Å²) in [5.74, 6) is -1.05. The molecule has 0 spiro atoms. The molecule has 0 radical (unpaired) electrons. The molecule has 1 saturated heterocycles. The van der Waals surface area contributed by atoms with Crippen LogP contribution in [0.1, 0.15) is 49.9 Å². The molecule has 1 aliphatic rings. The van der Waals surface area contributed by atoms with Crippen LogP contribution in [0, 0.1) is 7.43 Å². The van der Waals surface area contributed by atoms with E-state index < -0.39 is 29.2 Å². The van der Waals surface area contributed by atoms with E-state index in [0.29, 0.717) is 22.3 Å². The van der Waals surface area contributed by atoms with Crippen molar-refractivity contribution >= 4 is 0 Å². The maximum atomic E-state index is 12.6. The third kappa shape index (κ3) is 7.43. The minimum absolute atomic E-state index is 0. The Morgan fingerprint density at radius 2 is 0.756 bits per heavy atom. The summed E-state index contributed by atoms with van der Waals surface area (Å²) >= 11 is 0. The van der Waals surface area contributed by atoms with Crippen LogP contribution in [0.2, 0.25) is 0 Å². The SMILES string of the molecule is CC(C)O.CC1(C)O[C@@H](C(O)(c2ccccc2)c2ccccc2)[C@H](C(O)(c2ccccc2)c2ccccc2)O1.[CH3-].[Ti]. The zero-order valence-corrected chi connectivity index (χ0v) is 26.0. The van der Waals surface area contributed by atoms with E-state index in [4.69, 9.17) is 14.6 Å². The first-order chi connectivity index (χ1) is 18.6. The van der Waals surface area contributed by atoms with E-state index in [-0.39, 0.29) is 35.2 Å². The van der Waals surface area contributed by atoms with Gasteiger partial charge in [-0.15, -0.1) is 0 Å². The third-order valence-corrected chi connectivity index (χ3v) is 6.78. The van der Waals surface area contributed by atoms with Crippen molar-refractivity contribution in [3.8, 4) is 0 Å². The molecule has 216 valence electrons. The van der Waals surface area contributed by atoms with Gasteiger partial charge < -0.3 is 32.2 Å². The van der Waals surface area contributed by atoms with Crippen molar-refractivity contribution in [2.45, 2.75) is 63.0 Å². The van der Waals surface area contributed by atoms with E-state index >= 15 is 0 Å². The van der Waals surface area contributed by atoms with Crippen LogP contribution in [-0.4, -0.2) is 39.4 Å². The molecule has 1 heterocycles. The van der Waals surface area contributed by atoms with Gasteiger partial charge in [-0.1, -0.05) is 121 Å². The number of hydrogen-bond acceptors (Lipinski definition) is 5. The largest absolute Gasteiger partial charge is 0.394 e. The molecule has 0 aliphatic carbocycles. The van der Waals surface area contributed by atoms with E-state index in [1.165, 1.54) is 0 Å². The summed E-state index contributed by atoms with van der Waals surface area (Å²) in [4.78, 5) is 0. The van der Waals surface area contributed by atoms with Crippen molar-refractivity contribution < 1.29 is 46.5 Å². The molecular formula is C35H41O5Ti-. The summed E-state index contributed by atoms with van der Waals surface area (Å²) < 4.78 is 13.0. The van der Waals surface area contributed by atoms with Crippen LogP contribution in [0.4, 0.5) is 0 Å². The summed E-state index contributed by atoms with van der Waals surface area (Å²) in [6.07, 6.45) is -2.04. The molecule has 4 aromatic rings. The number of aliphatic hydroxyl groups excluding tert-OH is 1. The Labute approximate surface area is 259 Å². The Balaban J connectivity index is 0.000000921. The first kappa shape index (κ1) is 34.6. The smallest absolute Gasteiger partial charge is 0.164 e. The second kappa shape index (κ2) is 14.5. The Hall–Kier alpha value is -2.61. The molecule has 1 fully saturated rings. The normalized spacial score (nSPS) is 18.0. The zero-order valence-electron chi connectivity index (χ0n) is 24.4. The molecule has 0 saturated carbocycles. The van der Waals surface area contributed by atoms with E-state index in [9.17, 15) is 10.2 Å². The Morgan fingerprint density at radius 1 is 0.561 bits per heavy atom. The number of benzene rings is 4. The second-order valence-electron chi connectivity index (χ2n) is 10.6. The number of hydrogen-bond donors (Lipinski definition) is 3. The molecule has 0 bridgehead atoms. The standard InChI is InChI=1S/C31H30O4.C3H8O.CH3.Ti/c1-29(2)34-27(30(32,23-15-7-3-8-16-23)24-17-9-4-10-18-24)28(35-29)31(33,25-19-11-5-12-20-25)26-21-13-6-14-22-26;1-3(2)4;;/h3-22,27-28,32-33H,1-2H3;3-4H,1-2H3;1H3;/q;;-1;/t27-,28-;;;/m1.../s1. The average molecular weight is 590 g/mol. The van der Waals surface area contributed by atoms with Gasteiger partial charge in [0.25, 0.3) is 0 Å². The molecule has 0 unspecified atom stereocenters. The van der Waals surface area contributed by atoms with Crippen LogP contribution >= 0.6 is 0 Å². The number of aliphatic hydroxyl groups is 3. The van der Waals surface area contributed by atoms with Crippen molar-refractivity contribution in [1.82, 2.24) is 0 Å². The van der Waals surface area contributed by atoms with Crippen molar-refractivity contribution in [2.24, 2.45) is 0 Å². The van der Waals surface area contributed by atoms with Gasteiger partial charge in [-0.25, -0.2) is 0 Å². The molecule has 3 N–H and O–H groups in total. The van der Waals surface area contributed by atoms with Crippen molar-refractivity contribution in [3.05, 3.63) is 151 Å². The topological polar surface area (TPSA) is 79.2 Å². The second-order valence-corrected chi connectivity index (χ2v) is 10.6. The minimum Gasteiger partial charge on any atom is -0.394 e. The maximum absolute atomic E-state index is 12.6. The van der Waals surface area contributed by atoms with Crippen LogP contribution in [0.15, 0.2) is 121 Å². The van der Waals surface area contributed by atoms with Crippen molar-refractivity contribution in [1.29, 1.82) is 0 Å². The zero-order chi connectivity index (χ0) is 28.1. The summed E-state index contributed by atoms with van der Waals surface area (Å²) in [5.41, 5.74) is -0.564. The Kier molecular flexibility index (Phi) is 12.3. The van der Waals surface area contributed by atoms with Gasteiger partial charge in [0.2, 0.25) is 0 Å². The fourth-order valence-corrected chi connectivity index (χ4v) is 5.13. The van der Waals surface area contributed by atoms with Gasteiger partial charge in [0, 0.05) is 27.8 Å². The van der Waals surface area contributed by atoms with Gasteiger partial charge in [-0.05, 0) is 49.9 Å². The van der Waals surface area contributed by atoms with Crippen molar-refractivity contribution in [2.75, 3.05) is 0 Å². The summed E-state index contributed by atoms with van der Waals surface area (Å²) in [7, 11) is 0. The van der Waals surface area contributed by atoms with Crippen LogP contribution in [0.25, 0.3) is 0 Å². The molecule has 0 amide bonds. The van der Waals surface area contributed by atoms with Crippen LogP contribution in [-0.2, 0) is 42.4 Å². The van der Waals surface area contributed by atoms with Crippen LogP contribution in [0.3, 0.4) is 0 Å². The molecule has 0 aromatic heterocycles. The van der Waals surface area contributed by atoms with Gasteiger partial charge in [0.05, 0.1) is 0 Å². The monoisotopic (exact) mass is 589 g/mol. The van der Waals surface area contributed by atoms with E-state index in [0.717, 1.165) is 0 Å². The molecule has 6 heteroatoms. The third-order valence-electron chi connectivity index (χ3n) is 6.78. The predicted molar refractivity (Wildman–Crippen MR) is 159 cm³/mol. The Morgan fingerprint density at radius 3 is 0.951 bits per heavy atom. The molecule has 5 rings (SSSR count). The molecule has 1 aliphatic heterocycles. The fourth-order valence-electron chi connectivity index (χ4n) is 5.13. The van der Waals surface area contributed by atoms with Crippen LogP contribution in [0.5, 0.6) is 0 Å². The predicted octanol–water partition coefficient (Wildman–Crippen LogP) is 6.21. The summed E-state index contributed by atoms with van der Waals surface area (Å²) in [6.45, 7) is 7.07.